The molecule has 94 valence electrons. The average molecular weight is 256 g/mol. The monoisotopic (exact) mass is 255 g/mol. The van der Waals surface area contributed by atoms with Crippen LogP contribution >= 0.6 is 11.6 Å². The molecule has 0 spiro atoms. The molecule has 1 amide bonds. The molecule has 2 rings (SSSR count). The minimum absolute atomic E-state index is 0.0147. The van der Waals surface area contributed by atoms with Crippen molar-refractivity contribution in [3.63, 3.8) is 0 Å². The van der Waals surface area contributed by atoms with Crippen LogP contribution < -0.4 is 4.90 Å². The van der Waals surface area contributed by atoms with Gasteiger partial charge in [0, 0.05) is 31.5 Å². The number of carbonyl (C=O) groups excluding carboxylic acids is 1. The predicted molar refractivity (Wildman–Crippen MR) is 68.5 cm³/mol. The Hall–Kier alpha value is -1.03. The quantitative estimate of drug-likeness (QED) is 0.721. The first-order valence-corrected chi connectivity index (χ1v) is 6.21. The number of halogens is 1. The zero-order valence-corrected chi connectivity index (χ0v) is 11.5. The Balaban J connectivity index is 2.34. The van der Waals surface area contributed by atoms with Crippen LogP contribution in [-0.4, -0.2) is 27.6 Å². The lowest BCUT2D eigenvalue weighted by Gasteiger charge is -2.15. The minimum Gasteiger partial charge on any atom is -0.295 e. The van der Waals surface area contributed by atoms with E-state index in [0.29, 0.717) is 13.0 Å². The Morgan fingerprint density at radius 1 is 1.47 bits per heavy atom. The fraction of sp³-hybridized carbons (Fsp3) is 0.667. The summed E-state index contributed by atoms with van der Waals surface area (Å²) in [5.41, 5.74) is 0.972. The maximum absolute atomic E-state index is 11.8. The van der Waals surface area contributed by atoms with Gasteiger partial charge in [-0.25, -0.2) is 0 Å². The third-order valence-corrected chi connectivity index (χ3v) is 3.27. The minimum atomic E-state index is -0.0875. The molecular formula is C12H18ClN3O. The summed E-state index contributed by atoms with van der Waals surface area (Å²) < 4.78 is 1.76. The summed E-state index contributed by atoms with van der Waals surface area (Å²) >= 11 is 6.01. The highest BCUT2D eigenvalue weighted by atomic mass is 35.5. The molecule has 1 unspecified atom stereocenters. The smallest absolute Gasteiger partial charge is 0.229 e. The highest BCUT2D eigenvalue weighted by molar-refractivity contribution is 6.24. The van der Waals surface area contributed by atoms with E-state index in [4.69, 9.17) is 11.6 Å². The SMILES string of the molecule is Cn1nc(C(C)(C)C)cc1N1CC(Cl)CC1=O. The zero-order chi connectivity index (χ0) is 12.8. The lowest BCUT2D eigenvalue weighted by molar-refractivity contribution is -0.117. The van der Waals surface area contributed by atoms with Gasteiger partial charge in [0.2, 0.25) is 5.91 Å². The molecule has 0 saturated carbocycles. The van der Waals surface area contributed by atoms with Crippen molar-refractivity contribution >= 4 is 23.3 Å². The van der Waals surface area contributed by atoms with Crippen molar-refractivity contribution in [3.05, 3.63) is 11.8 Å². The second-order valence-electron chi connectivity index (χ2n) is 5.57. The topological polar surface area (TPSA) is 38.1 Å². The molecule has 4 nitrogen and oxygen atoms in total. The number of anilines is 1. The zero-order valence-electron chi connectivity index (χ0n) is 10.7. The van der Waals surface area contributed by atoms with Gasteiger partial charge in [-0.15, -0.1) is 11.6 Å². The van der Waals surface area contributed by atoms with E-state index in [1.807, 2.05) is 13.1 Å². The summed E-state index contributed by atoms with van der Waals surface area (Å²) in [6.07, 6.45) is 0.414. The summed E-state index contributed by atoms with van der Waals surface area (Å²) in [5, 5.41) is 4.38. The van der Waals surface area contributed by atoms with Crippen molar-refractivity contribution in [3.8, 4) is 0 Å². The standard InChI is InChI=1S/C12H18ClN3O/c1-12(2,3)9-6-10(15(4)14-9)16-7-8(13)5-11(16)17/h6,8H,5,7H2,1-4H3. The summed E-state index contributed by atoms with van der Waals surface area (Å²) in [4.78, 5) is 13.5. The number of rotatable bonds is 1. The number of carbonyl (C=O) groups is 1. The Morgan fingerprint density at radius 2 is 2.12 bits per heavy atom. The molecule has 0 N–H and O–H groups in total. The maximum atomic E-state index is 11.8. The maximum Gasteiger partial charge on any atom is 0.229 e. The normalized spacial score (nSPS) is 21.4. The molecule has 0 aliphatic carbocycles. The molecule has 1 aliphatic heterocycles. The molecule has 0 aromatic carbocycles. The number of hydrogen-bond acceptors (Lipinski definition) is 2. The molecule has 17 heavy (non-hydrogen) atoms. The van der Waals surface area contributed by atoms with Gasteiger partial charge in [0.15, 0.2) is 0 Å². The lowest BCUT2D eigenvalue weighted by atomic mass is 9.92. The number of amides is 1. The van der Waals surface area contributed by atoms with E-state index in [2.05, 4.69) is 25.9 Å². The summed E-state index contributed by atoms with van der Waals surface area (Å²) in [5.74, 6) is 0.913. The molecule has 1 aromatic rings. The average Bonchev–Trinajstić information content (AvgIpc) is 2.68. The molecule has 2 heterocycles. The second kappa shape index (κ2) is 4.02. The molecule has 0 bridgehead atoms. The largest absolute Gasteiger partial charge is 0.295 e. The fourth-order valence-electron chi connectivity index (χ4n) is 1.96. The van der Waals surface area contributed by atoms with Crippen molar-refractivity contribution in [2.75, 3.05) is 11.4 Å². The third-order valence-electron chi connectivity index (χ3n) is 2.98. The van der Waals surface area contributed by atoms with E-state index < -0.39 is 0 Å². The van der Waals surface area contributed by atoms with E-state index in [1.165, 1.54) is 0 Å². The van der Waals surface area contributed by atoms with Crippen LogP contribution in [0.15, 0.2) is 6.07 Å². The summed E-state index contributed by atoms with van der Waals surface area (Å²) in [6, 6.07) is 1.98. The van der Waals surface area contributed by atoms with Gasteiger partial charge in [-0.05, 0) is 0 Å². The Labute approximate surface area is 107 Å². The molecule has 1 saturated heterocycles. The van der Waals surface area contributed by atoms with Crippen molar-refractivity contribution in [1.29, 1.82) is 0 Å². The van der Waals surface area contributed by atoms with Crippen LogP contribution in [-0.2, 0) is 17.3 Å². The van der Waals surface area contributed by atoms with Gasteiger partial charge in [-0.2, -0.15) is 5.10 Å². The molecule has 0 radical (unpaired) electrons. The number of alkyl halides is 1. The van der Waals surface area contributed by atoms with Crippen LogP contribution in [0, 0.1) is 0 Å². The first-order chi connectivity index (χ1) is 7.79. The Kier molecular flexibility index (Phi) is 2.94. The van der Waals surface area contributed by atoms with Crippen molar-refractivity contribution in [2.45, 2.75) is 38.0 Å². The number of aryl methyl sites for hydroxylation is 1. The van der Waals surface area contributed by atoms with E-state index in [9.17, 15) is 4.79 Å². The highest BCUT2D eigenvalue weighted by Crippen LogP contribution is 2.28. The van der Waals surface area contributed by atoms with Crippen molar-refractivity contribution < 1.29 is 4.79 Å². The highest BCUT2D eigenvalue weighted by Gasteiger charge is 2.32. The summed E-state index contributed by atoms with van der Waals surface area (Å²) in [6.45, 7) is 6.89. The van der Waals surface area contributed by atoms with E-state index in [-0.39, 0.29) is 16.7 Å². The lowest BCUT2D eigenvalue weighted by Crippen LogP contribution is -2.26. The van der Waals surface area contributed by atoms with Gasteiger partial charge in [-0.3, -0.25) is 14.4 Å². The van der Waals surface area contributed by atoms with Crippen LogP contribution in [0.4, 0.5) is 5.82 Å². The predicted octanol–water partition coefficient (Wildman–Crippen LogP) is 2.06. The Bertz CT molecular complexity index is 447. The number of hydrogen-bond donors (Lipinski definition) is 0. The van der Waals surface area contributed by atoms with E-state index in [1.54, 1.807) is 9.58 Å². The fourth-order valence-corrected chi connectivity index (χ4v) is 2.23. The van der Waals surface area contributed by atoms with E-state index in [0.717, 1.165) is 11.5 Å². The van der Waals surface area contributed by atoms with Gasteiger partial charge in [-0.1, -0.05) is 20.8 Å². The van der Waals surface area contributed by atoms with Gasteiger partial charge < -0.3 is 0 Å². The first-order valence-electron chi connectivity index (χ1n) is 5.78. The Morgan fingerprint density at radius 3 is 2.53 bits per heavy atom. The van der Waals surface area contributed by atoms with Crippen LogP contribution in [0.25, 0.3) is 0 Å². The first kappa shape index (κ1) is 12.4. The number of nitrogens with zero attached hydrogens (tertiary/aromatic N) is 3. The van der Waals surface area contributed by atoms with Crippen LogP contribution in [0.5, 0.6) is 0 Å². The molecule has 5 heteroatoms. The van der Waals surface area contributed by atoms with Gasteiger partial charge in [0.25, 0.3) is 0 Å². The van der Waals surface area contributed by atoms with Crippen molar-refractivity contribution in [1.82, 2.24) is 9.78 Å². The van der Waals surface area contributed by atoms with Crippen LogP contribution in [0.2, 0.25) is 0 Å². The second-order valence-corrected chi connectivity index (χ2v) is 6.18. The van der Waals surface area contributed by atoms with Crippen molar-refractivity contribution in [2.24, 2.45) is 7.05 Å². The van der Waals surface area contributed by atoms with E-state index >= 15 is 0 Å². The van der Waals surface area contributed by atoms with Crippen LogP contribution in [0.3, 0.4) is 0 Å². The van der Waals surface area contributed by atoms with Gasteiger partial charge in [0.05, 0.1) is 11.1 Å². The molecular weight excluding hydrogens is 238 g/mol. The number of aromatic nitrogens is 2. The van der Waals surface area contributed by atoms with Gasteiger partial charge in [0.1, 0.15) is 5.82 Å². The third kappa shape index (κ3) is 2.32. The molecule has 1 aromatic heterocycles. The molecule has 1 fully saturated rings. The summed E-state index contributed by atoms with van der Waals surface area (Å²) in [7, 11) is 1.86. The van der Waals surface area contributed by atoms with Crippen LogP contribution in [0.1, 0.15) is 32.9 Å². The molecule has 1 aliphatic rings. The molecule has 1 atom stereocenters. The van der Waals surface area contributed by atoms with Gasteiger partial charge >= 0.3 is 0 Å².